The Balaban J connectivity index is 2.29. The smallest absolute Gasteiger partial charge is 0.236 e. The molecule has 0 spiro atoms. The normalized spacial score (nSPS) is 21.3. The van der Waals surface area contributed by atoms with Crippen LogP contribution in [-0.2, 0) is 4.79 Å². The topological polar surface area (TPSA) is 55.4 Å². The molecule has 1 saturated heterocycles. The van der Waals surface area contributed by atoms with Gasteiger partial charge in [-0.3, -0.25) is 4.79 Å². The van der Waals surface area contributed by atoms with E-state index in [0.717, 1.165) is 36.6 Å². The van der Waals surface area contributed by atoms with E-state index in [1.54, 1.807) is 26.0 Å². The first-order chi connectivity index (χ1) is 10.6. The van der Waals surface area contributed by atoms with Crippen molar-refractivity contribution in [2.45, 2.75) is 24.0 Å². The van der Waals surface area contributed by atoms with E-state index in [2.05, 4.69) is 5.32 Å². The van der Waals surface area contributed by atoms with Crippen LogP contribution in [0.25, 0.3) is 0 Å². The van der Waals surface area contributed by atoms with Crippen molar-refractivity contribution in [1.82, 2.24) is 4.90 Å². The second kappa shape index (κ2) is 7.74. The molecule has 1 aromatic rings. The van der Waals surface area contributed by atoms with Gasteiger partial charge in [0, 0.05) is 18.5 Å². The van der Waals surface area contributed by atoms with Crippen molar-refractivity contribution in [3.8, 4) is 11.5 Å². The molecule has 2 atom stereocenters. The minimum atomic E-state index is -0.0217. The highest BCUT2D eigenvalue weighted by atomic mass is 32.2. The third-order valence-electron chi connectivity index (χ3n) is 3.84. The molecule has 122 valence electrons. The quantitative estimate of drug-likeness (QED) is 0.767. The SMILES string of the molecule is C[NH2+]CCCN1C(=O)[C@H](C)S[C@H]1c1cc(OC)ccc1OC. The summed E-state index contributed by atoms with van der Waals surface area (Å²) in [5, 5.41) is 2.11. The average Bonchev–Trinajstić information content (AvgIpc) is 2.82. The molecule has 22 heavy (non-hydrogen) atoms. The van der Waals surface area contributed by atoms with Gasteiger partial charge in [0.25, 0.3) is 0 Å². The molecule has 0 unspecified atom stereocenters. The number of ether oxygens (including phenoxy) is 2. The summed E-state index contributed by atoms with van der Waals surface area (Å²) in [5.74, 6) is 1.79. The van der Waals surface area contributed by atoms with Crippen LogP contribution < -0.4 is 14.8 Å². The Hall–Kier alpha value is -1.40. The zero-order chi connectivity index (χ0) is 16.1. The first kappa shape index (κ1) is 17.0. The van der Waals surface area contributed by atoms with Crippen LogP contribution in [0.1, 0.15) is 24.3 Å². The molecular formula is C16H25N2O3S+. The van der Waals surface area contributed by atoms with Gasteiger partial charge in [0.1, 0.15) is 16.9 Å². The molecule has 1 aromatic carbocycles. The van der Waals surface area contributed by atoms with E-state index < -0.39 is 0 Å². The van der Waals surface area contributed by atoms with E-state index in [0.29, 0.717) is 0 Å². The fourth-order valence-corrected chi connectivity index (χ4v) is 3.97. The monoisotopic (exact) mass is 325 g/mol. The lowest BCUT2D eigenvalue weighted by molar-refractivity contribution is -0.627. The van der Waals surface area contributed by atoms with Gasteiger partial charge < -0.3 is 19.7 Å². The summed E-state index contributed by atoms with van der Waals surface area (Å²) in [7, 11) is 5.36. The molecule has 6 heteroatoms. The Morgan fingerprint density at radius 1 is 1.32 bits per heavy atom. The van der Waals surface area contributed by atoms with Crippen LogP contribution in [0.3, 0.4) is 0 Å². The summed E-state index contributed by atoms with van der Waals surface area (Å²) in [4.78, 5) is 14.4. The van der Waals surface area contributed by atoms with E-state index in [1.807, 2.05) is 37.1 Å². The van der Waals surface area contributed by atoms with E-state index in [4.69, 9.17) is 9.47 Å². The molecule has 1 fully saturated rings. The van der Waals surface area contributed by atoms with Crippen LogP contribution in [-0.4, -0.2) is 50.4 Å². The molecule has 1 aliphatic rings. The van der Waals surface area contributed by atoms with Crippen molar-refractivity contribution in [2.75, 3.05) is 34.4 Å². The lowest BCUT2D eigenvalue weighted by atomic mass is 10.1. The summed E-state index contributed by atoms with van der Waals surface area (Å²) in [5.41, 5.74) is 1.00. The van der Waals surface area contributed by atoms with Gasteiger partial charge in [-0.05, 0) is 25.1 Å². The lowest BCUT2D eigenvalue weighted by Crippen LogP contribution is -2.79. The van der Waals surface area contributed by atoms with Crippen LogP contribution in [0, 0.1) is 0 Å². The standard InChI is InChI=1S/C16H24N2O3S/c1-11-15(19)18(9-5-8-17-2)16(22-11)13-10-12(20-3)6-7-14(13)21-4/h6-7,10-11,16-17H,5,8-9H2,1-4H3/p+1/t11-,16-/m0/s1. The van der Waals surface area contributed by atoms with Crippen molar-refractivity contribution in [2.24, 2.45) is 0 Å². The average molecular weight is 325 g/mol. The largest absolute Gasteiger partial charge is 0.497 e. The number of thioether (sulfide) groups is 1. The zero-order valence-electron chi connectivity index (χ0n) is 13.7. The third-order valence-corrected chi connectivity index (χ3v) is 5.22. The fraction of sp³-hybridized carbons (Fsp3) is 0.562. The number of hydrogen-bond donors (Lipinski definition) is 1. The van der Waals surface area contributed by atoms with Gasteiger partial charge in [-0.25, -0.2) is 0 Å². The number of carbonyl (C=O) groups excluding carboxylic acids is 1. The number of quaternary nitrogens is 1. The zero-order valence-corrected chi connectivity index (χ0v) is 14.5. The van der Waals surface area contributed by atoms with Crippen LogP contribution in [0.15, 0.2) is 18.2 Å². The van der Waals surface area contributed by atoms with Crippen LogP contribution in [0.2, 0.25) is 0 Å². The number of methoxy groups -OCH3 is 2. The third kappa shape index (κ3) is 3.50. The second-order valence-electron chi connectivity index (χ2n) is 5.32. The molecule has 1 amide bonds. The van der Waals surface area contributed by atoms with Crippen LogP contribution >= 0.6 is 11.8 Å². The Labute approximate surface area is 136 Å². The first-order valence-corrected chi connectivity index (χ1v) is 8.52. The summed E-state index contributed by atoms with van der Waals surface area (Å²) in [6.45, 7) is 3.76. The van der Waals surface area contributed by atoms with Gasteiger partial charge in [-0.1, -0.05) is 0 Å². The molecule has 1 aliphatic heterocycles. The second-order valence-corrected chi connectivity index (χ2v) is 6.75. The van der Waals surface area contributed by atoms with Crippen molar-refractivity contribution < 1.29 is 19.6 Å². The van der Waals surface area contributed by atoms with Crippen molar-refractivity contribution in [1.29, 1.82) is 0 Å². The summed E-state index contributed by atoms with van der Waals surface area (Å²) < 4.78 is 10.8. The van der Waals surface area contributed by atoms with Gasteiger partial charge in [-0.2, -0.15) is 0 Å². The molecule has 0 aromatic heterocycles. The highest BCUT2D eigenvalue weighted by Crippen LogP contribution is 2.46. The molecule has 0 aliphatic carbocycles. The minimum Gasteiger partial charge on any atom is -0.497 e. The summed E-state index contributed by atoms with van der Waals surface area (Å²) in [6.07, 6.45) is 0.984. The van der Waals surface area contributed by atoms with E-state index in [9.17, 15) is 4.79 Å². The maximum Gasteiger partial charge on any atom is 0.236 e. The van der Waals surface area contributed by atoms with Gasteiger partial charge in [0.05, 0.1) is 33.1 Å². The molecule has 0 bridgehead atoms. The van der Waals surface area contributed by atoms with E-state index in [1.165, 1.54) is 0 Å². The Bertz CT molecular complexity index is 524. The molecule has 1 heterocycles. The highest BCUT2D eigenvalue weighted by Gasteiger charge is 2.39. The molecule has 0 saturated carbocycles. The number of carbonyl (C=O) groups is 1. The maximum atomic E-state index is 12.5. The number of nitrogens with two attached hydrogens (primary N) is 1. The van der Waals surface area contributed by atoms with Crippen molar-refractivity contribution >= 4 is 17.7 Å². The number of amides is 1. The van der Waals surface area contributed by atoms with E-state index >= 15 is 0 Å². The highest BCUT2D eigenvalue weighted by molar-refractivity contribution is 8.01. The number of rotatable bonds is 7. The molecular weight excluding hydrogens is 300 g/mol. The van der Waals surface area contributed by atoms with Gasteiger partial charge in [0.2, 0.25) is 5.91 Å². The Morgan fingerprint density at radius 3 is 2.73 bits per heavy atom. The maximum absolute atomic E-state index is 12.5. The fourth-order valence-electron chi connectivity index (χ4n) is 2.64. The van der Waals surface area contributed by atoms with Crippen LogP contribution in [0.4, 0.5) is 0 Å². The minimum absolute atomic E-state index is 0.00981. The molecule has 0 radical (unpaired) electrons. The predicted molar refractivity (Wildman–Crippen MR) is 88.4 cm³/mol. The lowest BCUT2D eigenvalue weighted by Gasteiger charge is -2.25. The van der Waals surface area contributed by atoms with Gasteiger partial charge >= 0.3 is 0 Å². The molecule has 2 N–H and O–H groups in total. The molecule has 2 rings (SSSR count). The number of hydrogen-bond acceptors (Lipinski definition) is 4. The van der Waals surface area contributed by atoms with Crippen molar-refractivity contribution in [3.05, 3.63) is 23.8 Å². The van der Waals surface area contributed by atoms with Gasteiger partial charge in [0.15, 0.2) is 0 Å². The predicted octanol–water partition coefficient (Wildman–Crippen LogP) is 1.25. The number of nitrogens with zero attached hydrogens (tertiary/aromatic N) is 1. The van der Waals surface area contributed by atoms with E-state index in [-0.39, 0.29) is 16.5 Å². The van der Waals surface area contributed by atoms with Crippen LogP contribution in [0.5, 0.6) is 11.5 Å². The summed E-state index contributed by atoms with van der Waals surface area (Å²) >= 11 is 1.67. The summed E-state index contributed by atoms with van der Waals surface area (Å²) in [6, 6.07) is 5.75. The number of benzene rings is 1. The Kier molecular flexibility index (Phi) is 5.97. The Morgan fingerprint density at radius 2 is 2.09 bits per heavy atom. The molecule has 5 nitrogen and oxygen atoms in total. The first-order valence-electron chi connectivity index (χ1n) is 7.58. The van der Waals surface area contributed by atoms with Gasteiger partial charge in [-0.15, -0.1) is 11.8 Å². The van der Waals surface area contributed by atoms with Crippen molar-refractivity contribution in [3.63, 3.8) is 0 Å².